The average Bonchev–Trinajstić information content (AvgIpc) is 3.17. The van der Waals surface area contributed by atoms with Gasteiger partial charge >= 0.3 is 0 Å². The summed E-state index contributed by atoms with van der Waals surface area (Å²) in [5, 5.41) is 12.1. The molecule has 1 atom stereocenters. The monoisotopic (exact) mass is 310 g/mol. The van der Waals surface area contributed by atoms with Gasteiger partial charge in [0.25, 0.3) is 0 Å². The van der Waals surface area contributed by atoms with Crippen LogP contribution in [0.4, 0.5) is 0 Å². The van der Waals surface area contributed by atoms with E-state index in [1.807, 2.05) is 48.9 Å². The molecule has 0 amide bonds. The summed E-state index contributed by atoms with van der Waals surface area (Å²) in [6.45, 7) is 4.69. The molecule has 120 valence electrons. The van der Waals surface area contributed by atoms with Gasteiger partial charge < -0.3 is 8.98 Å². The molecule has 0 unspecified atom stereocenters. The van der Waals surface area contributed by atoms with Gasteiger partial charge in [-0.2, -0.15) is 0 Å². The minimum Gasteiger partial charge on any atom is -0.465 e. The Morgan fingerprint density at radius 1 is 1.09 bits per heavy atom. The zero-order valence-corrected chi connectivity index (χ0v) is 13.8. The lowest BCUT2D eigenvalue weighted by atomic mass is 10.1. The number of hydrogen-bond donors (Lipinski definition) is 1. The van der Waals surface area contributed by atoms with E-state index in [2.05, 4.69) is 34.6 Å². The summed E-state index contributed by atoms with van der Waals surface area (Å²) < 4.78 is 7.80. The van der Waals surface area contributed by atoms with Crippen LogP contribution in [0.5, 0.6) is 0 Å². The van der Waals surface area contributed by atoms with Crippen LogP contribution in [-0.4, -0.2) is 14.8 Å². The molecule has 0 radical (unpaired) electrons. The molecular formula is C18H22N4O. The minimum atomic E-state index is -0.0300. The first kappa shape index (κ1) is 15.5. The van der Waals surface area contributed by atoms with Gasteiger partial charge in [0.1, 0.15) is 17.3 Å². The van der Waals surface area contributed by atoms with Crippen LogP contribution < -0.4 is 5.32 Å². The highest BCUT2D eigenvalue weighted by molar-refractivity contribution is 5.25. The molecule has 0 aliphatic rings. The number of hydrogen-bond acceptors (Lipinski definition) is 4. The molecular weight excluding hydrogens is 288 g/mol. The fourth-order valence-electron chi connectivity index (χ4n) is 2.59. The zero-order valence-electron chi connectivity index (χ0n) is 13.8. The molecule has 0 fully saturated rings. The van der Waals surface area contributed by atoms with E-state index in [1.54, 1.807) is 0 Å². The van der Waals surface area contributed by atoms with E-state index in [0.29, 0.717) is 6.54 Å². The van der Waals surface area contributed by atoms with Crippen molar-refractivity contribution in [2.24, 2.45) is 7.05 Å². The Morgan fingerprint density at radius 3 is 2.43 bits per heavy atom. The van der Waals surface area contributed by atoms with Crippen molar-refractivity contribution in [3.63, 3.8) is 0 Å². The number of furan rings is 1. The van der Waals surface area contributed by atoms with Crippen LogP contribution >= 0.6 is 0 Å². The predicted molar refractivity (Wildman–Crippen MR) is 89.0 cm³/mol. The highest BCUT2D eigenvalue weighted by atomic mass is 16.3. The van der Waals surface area contributed by atoms with Gasteiger partial charge in [-0.15, -0.1) is 10.2 Å². The number of nitrogens with one attached hydrogen (secondary N) is 1. The maximum atomic E-state index is 5.79. The van der Waals surface area contributed by atoms with Crippen molar-refractivity contribution < 1.29 is 4.42 Å². The second-order valence-corrected chi connectivity index (χ2v) is 5.61. The van der Waals surface area contributed by atoms with Gasteiger partial charge in [0.15, 0.2) is 5.82 Å². The van der Waals surface area contributed by atoms with Crippen LogP contribution in [-0.2, 0) is 20.0 Å². The number of aromatic nitrogens is 3. The lowest BCUT2D eigenvalue weighted by Crippen LogP contribution is -2.24. The van der Waals surface area contributed by atoms with E-state index < -0.39 is 0 Å². The Hall–Kier alpha value is -2.40. The highest BCUT2D eigenvalue weighted by Gasteiger charge is 2.20. The second-order valence-electron chi connectivity index (χ2n) is 5.61. The van der Waals surface area contributed by atoms with Gasteiger partial charge in [-0.05, 0) is 24.6 Å². The number of rotatable bonds is 6. The third kappa shape index (κ3) is 3.35. The topological polar surface area (TPSA) is 55.9 Å². The van der Waals surface area contributed by atoms with Crippen molar-refractivity contribution in [2.75, 3.05) is 0 Å². The molecule has 0 saturated heterocycles. The quantitative estimate of drug-likeness (QED) is 0.760. The molecule has 5 heteroatoms. The van der Waals surface area contributed by atoms with Gasteiger partial charge in [0.05, 0.1) is 12.6 Å². The van der Waals surface area contributed by atoms with Crippen LogP contribution in [0.1, 0.15) is 41.7 Å². The first-order valence-electron chi connectivity index (χ1n) is 7.91. The van der Waals surface area contributed by atoms with E-state index in [9.17, 15) is 0 Å². The maximum absolute atomic E-state index is 5.79. The molecule has 3 rings (SSSR count). The minimum absolute atomic E-state index is 0.0300. The summed E-state index contributed by atoms with van der Waals surface area (Å²) in [5.41, 5.74) is 1.16. The normalized spacial score (nSPS) is 12.5. The third-order valence-electron chi connectivity index (χ3n) is 4.06. The Balaban J connectivity index is 1.85. The summed E-state index contributed by atoms with van der Waals surface area (Å²) in [7, 11) is 1.99. The van der Waals surface area contributed by atoms with Crippen LogP contribution in [0, 0.1) is 6.92 Å². The Morgan fingerprint density at radius 2 is 1.83 bits per heavy atom. The lowest BCUT2D eigenvalue weighted by molar-refractivity contribution is 0.434. The fourth-order valence-corrected chi connectivity index (χ4v) is 2.59. The largest absolute Gasteiger partial charge is 0.465 e. The van der Waals surface area contributed by atoms with Crippen molar-refractivity contribution in [3.8, 4) is 0 Å². The smallest absolute Gasteiger partial charge is 0.154 e. The van der Waals surface area contributed by atoms with Crippen molar-refractivity contribution in [1.82, 2.24) is 20.1 Å². The average molecular weight is 310 g/mol. The predicted octanol–water partition coefficient (Wildman–Crippen LogP) is 3.16. The molecule has 0 spiro atoms. The first-order valence-corrected chi connectivity index (χ1v) is 7.91. The van der Waals surface area contributed by atoms with E-state index in [-0.39, 0.29) is 6.04 Å². The van der Waals surface area contributed by atoms with Gasteiger partial charge in [0.2, 0.25) is 0 Å². The lowest BCUT2D eigenvalue weighted by Gasteiger charge is -2.18. The standard InChI is InChI=1S/C18H22N4O/c1-4-15-10-11-16(23-15)12-19-17(14-8-6-5-7-9-14)18-21-20-13(2)22(18)3/h5-11,17,19H,4,12H2,1-3H3/t17-/m0/s1. The Labute approximate surface area is 136 Å². The molecule has 2 aromatic heterocycles. The molecule has 1 aromatic carbocycles. The van der Waals surface area contributed by atoms with Crippen molar-refractivity contribution in [1.29, 1.82) is 0 Å². The van der Waals surface area contributed by atoms with Gasteiger partial charge in [0, 0.05) is 13.5 Å². The molecule has 0 saturated carbocycles. The zero-order chi connectivity index (χ0) is 16.2. The van der Waals surface area contributed by atoms with E-state index in [1.165, 1.54) is 0 Å². The van der Waals surface area contributed by atoms with Crippen LogP contribution in [0.3, 0.4) is 0 Å². The maximum Gasteiger partial charge on any atom is 0.154 e. The molecule has 0 bridgehead atoms. The SMILES string of the molecule is CCc1ccc(CN[C@@H](c2ccccc2)c2nnc(C)n2C)o1. The first-order chi connectivity index (χ1) is 11.2. The molecule has 2 heterocycles. The van der Waals surface area contributed by atoms with Gasteiger partial charge in [-0.1, -0.05) is 37.3 Å². The van der Waals surface area contributed by atoms with Gasteiger partial charge in [-0.3, -0.25) is 5.32 Å². The van der Waals surface area contributed by atoms with Crippen LogP contribution in [0.15, 0.2) is 46.9 Å². The van der Waals surface area contributed by atoms with Crippen LogP contribution in [0.25, 0.3) is 0 Å². The van der Waals surface area contributed by atoms with Crippen molar-refractivity contribution >= 4 is 0 Å². The Bertz CT molecular complexity index is 760. The van der Waals surface area contributed by atoms with E-state index in [0.717, 1.165) is 35.2 Å². The summed E-state index contributed by atoms with van der Waals surface area (Å²) in [5.74, 6) is 3.74. The van der Waals surface area contributed by atoms with Crippen molar-refractivity contribution in [2.45, 2.75) is 32.9 Å². The molecule has 0 aliphatic heterocycles. The second kappa shape index (κ2) is 6.79. The summed E-state index contributed by atoms with van der Waals surface area (Å²) in [6, 6.07) is 14.3. The van der Waals surface area contributed by atoms with Crippen molar-refractivity contribution in [3.05, 3.63) is 71.2 Å². The van der Waals surface area contributed by atoms with Crippen LogP contribution in [0.2, 0.25) is 0 Å². The molecule has 1 N–H and O–H groups in total. The van der Waals surface area contributed by atoms with E-state index in [4.69, 9.17) is 4.42 Å². The number of aryl methyl sites for hydroxylation is 2. The summed E-state index contributed by atoms with van der Waals surface area (Å²) in [6.07, 6.45) is 0.907. The summed E-state index contributed by atoms with van der Waals surface area (Å²) >= 11 is 0. The fraction of sp³-hybridized carbons (Fsp3) is 0.333. The summed E-state index contributed by atoms with van der Waals surface area (Å²) in [4.78, 5) is 0. The highest BCUT2D eigenvalue weighted by Crippen LogP contribution is 2.21. The number of benzene rings is 1. The Kier molecular flexibility index (Phi) is 4.57. The van der Waals surface area contributed by atoms with E-state index >= 15 is 0 Å². The molecule has 3 aromatic rings. The molecule has 5 nitrogen and oxygen atoms in total. The third-order valence-corrected chi connectivity index (χ3v) is 4.06. The van der Waals surface area contributed by atoms with Gasteiger partial charge in [-0.25, -0.2) is 0 Å². The number of nitrogens with zero attached hydrogens (tertiary/aromatic N) is 3. The molecule has 0 aliphatic carbocycles. The molecule has 23 heavy (non-hydrogen) atoms.